The van der Waals surface area contributed by atoms with Gasteiger partial charge in [0.2, 0.25) is 0 Å². The number of rotatable bonds is 13. The fourth-order valence-electron chi connectivity index (χ4n) is 3.74. The minimum atomic E-state index is -0.633. The molecule has 0 aliphatic heterocycles. The molecule has 0 atom stereocenters. The van der Waals surface area contributed by atoms with Crippen LogP contribution < -0.4 is 0 Å². The van der Waals surface area contributed by atoms with Crippen LogP contribution in [0.15, 0.2) is 24.3 Å². The van der Waals surface area contributed by atoms with E-state index in [1.54, 1.807) is 0 Å². The summed E-state index contributed by atoms with van der Waals surface area (Å²) in [6, 6.07) is 0. The van der Waals surface area contributed by atoms with E-state index in [1.807, 2.05) is 6.92 Å². The third kappa shape index (κ3) is 8.15. The Kier molecular flexibility index (Phi) is 11.1. The second-order valence-electron chi connectivity index (χ2n) is 7.97. The molecule has 1 saturated carbocycles. The summed E-state index contributed by atoms with van der Waals surface area (Å²) in [4.78, 5) is 24.0. The Labute approximate surface area is 168 Å². The first-order valence-electron chi connectivity index (χ1n) is 10.3. The van der Waals surface area contributed by atoms with Gasteiger partial charge < -0.3 is 19.7 Å². The predicted molar refractivity (Wildman–Crippen MR) is 108 cm³/mol. The summed E-state index contributed by atoms with van der Waals surface area (Å²) in [7, 11) is 0. The Balaban J connectivity index is 2.84. The van der Waals surface area contributed by atoms with E-state index in [1.165, 1.54) is 32.1 Å². The zero-order chi connectivity index (χ0) is 21.0. The van der Waals surface area contributed by atoms with Crippen LogP contribution in [-0.2, 0) is 19.1 Å². The molecule has 0 saturated heterocycles. The number of hydrogen-bond acceptors (Lipinski definition) is 6. The van der Waals surface area contributed by atoms with E-state index in [9.17, 15) is 9.59 Å². The molecule has 0 amide bonds. The van der Waals surface area contributed by atoms with Crippen LogP contribution >= 0.6 is 0 Å². The van der Waals surface area contributed by atoms with E-state index in [4.69, 9.17) is 19.7 Å². The van der Waals surface area contributed by atoms with Crippen molar-refractivity contribution in [2.45, 2.75) is 64.7 Å². The highest BCUT2D eigenvalue weighted by Crippen LogP contribution is 2.36. The summed E-state index contributed by atoms with van der Waals surface area (Å²) < 4.78 is 10.8. The second-order valence-corrected chi connectivity index (χ2v) is 7.97. The molecule has 2 N–H and O–H groups in total. The van der Waals surface area contributed by atoms with E-state index in [-0.39, 0.29) is 24.4 Å². The first-order chi connectivity index (χ1) is 13.4. The Bertz CT molecular complexity index is 501. The summed E-state index contributed by atoms with van der Waals surface area (Å²) in [5.41, 5.74) is -0.491. The molecule has 1 aliphatic carbocycles. The van der Waals surface area contributed by atoms with Gasteiger partial charge in [0.05, 0.1) is 24.4 Å². The van der Waals surface area contributed by atoms with Gasteiger partial charge in [-0.15, -0.1) is 0 Å². The number of aliphatic hydroxyl groups excluding tert-OH is 2. The van der Waals surface area contributed by atoms with Gasteiger partial charge in [-0.3, -0.25) is 0 Å². The van der Waals surface area contributed by atoms with E-state index in [2.05, 4.69) is 13.2 Å². The van der Waals surface area contributed by atoms with Gasteiger partial charge in [0.25, 0.3) is 0 Å². The maximum Gasteiger partial charge on any atom is 0.335 e. The van der Waals surface area contributed by atoms with Gasteiger partial charge in [0, 0.05) is 5.41 Å². The molecule has 0 unspecified atom stereocenters. The largest absolute Gasteiger partial charge is 0.462 e. The predicted octanol–water partition coefficient (Wildman–Crippen LogP) is 3.32. The van der Waals surface area contributed by atoms with E-state index >= 15 is 0 Å². The molecule has 6 heteroatoms. The van der Waals surface area contributed by atoms with Gasteiger partial charge in [-0.1, -0.05) is 58.6 Å². The average Bonchev–Trinajstić information content (AvgIpc) is 2.73. The standard InChI is InChI=1S/C22H36O6/c1-4-11-22(15-27-20(25)17(2)13-23,16-28-21(26)18(3)14-24)12-10-19-8-6-5-7-9-19/h19,23-24H,2-16H2,1H3. The molecule has 1 rings (SSSR count). The Morgan fingerprint density at radius 1 is 0.929 bits per heavy atom. The number of ether oxygens (including phenoxy) is 2. The van der Waals surface area contributed by atoms with Gasteiger partial charge in [-0.2, -0.15) is 0 Å². The number of esters is 2. The molecule has 6 nitrogen and oxygen atoms in total. The van der Waals surface area contributed by atoms with Crippen LogP contribution in [0.25, 0.3) is 0 Å². The molecular weight excluding hydrogens is 360 g/mol. The van der Waals surface area contributed by atoms with Crippen LogP contribution in [0, 0.1) is 11.3 Å². The van der Waals surface area contributed by atoms with Crippen molar-refractivity contribution in [3.8, 4) is 0 Å². The number of aliphatic hydroxyl groups is 2. The summed E-state index contributed by atoms with van der Waals surface area (Å²) in [6.45, 7) is 8.34. The van der Waals surface area contributed by atoms with Crippen LogP contribution in [0.5, 0.6) is 0 Å². The van der Waals surface area contributed by atoms with Crippen molar-refractivity contribution in [1.29, 1.82) is 0 Å². The normalized spacial score (nSPS) is 15.1. The first-order valence-corrected chi connectivity index (χ1v) is 10.3. The molecule has 28 heavy (non-hydrogen) atoms. The highest BCUT2D eigenvalue weighted by atomic mass is 16.5. The van der Waals surface area contributed by atoms with Gasteiger partial charge in [-0.05, 0) is 25.2 Å². The maximum absolute atomic E-state index is 12.0. The quantitative estimate of drug-likeness (QED) is 0.366. The lowest BCUT2D eigenvalue weighted by Crippen LogP contribution is -2.36. The minimum absolute atomic E-state index is 0.00309. The minimum Gasteiger partial charge on any atom is -0.462 e. The molecule has 0 spiro atoms. The Morgan fingerprint density at radius 2 is 1.43 bits per heavy atom. The fraction of sp³-hybridized carbons (Fsp3) is 0.727. The Hall–Kier alpha value is -1.66. The van der Waals surface area contributed by atoms with E-state index in [0.717, 1.165) is 25.7 Å². The molecule has 160 valence electrons. The van der Waals surface area contributed by atoms with Gasteiger partial charge >= 0.3 is 11.9 Å². The number of carbonyl (C=O) groups excluding carboxylic acids is 2. The molecule has 0 aromatic rings. The zero-order valence-electron chi connectivity index (χ0n) is 17.2. The lowest BCUT2D eigenvalue weighted by atomic mass is 9.76. The van der Waals surface area contributed by atoms with Crippen LogP contribution in [0.3, 0.4) is 0 Å². The van der Waals surface area contributed by atoms with Gasteiger partial charge in [0.15, 0.2) is 0 Å². The lowest BCUT2D eigenvalue weighted by Gasteiger charge is -2.34. The summed E-state index contributed by atoms with van der Waals surface area (Å²) in [6.07, 6.45) is 9.58. The molecule has 0 aromatic heterocycles. The fourth-order valence-corrected chi connectivity index (χ4v) is 3.74. The van der Waals surface area contributed by atoms with Gasteiger partial charge in [0.1, 0.15) is 13.2 Å². The average molecular weight is 397 g/mol. The maximum atomic E-state index is 12.0. The van der Waals surface area contributed by atoms with Crippen molar-refractivity contribution in [2.75, 3.05) is 26.4 Å². The van der Waals surface area contributed by atoms with Crippen molar-refractivity contribution in [3.05, 3.63) is 24.3 Å². The summed E-state index contributed by atoms with van der Waals surface area (Å²) in [5.74, 6) is -0.616. The lowest BCUT2D eigenvalue weighted by molar-refractivity contribution is -0.151. The zero-order valence-corrected chi connectivity index (χ0v) is 17.2. The highest BCUT2D eigenvalue weighted by molar-refractivity contribution is 5.88. The number of hydrogen-bond donors (Lipinski definition) is 2. The van der Waals surface area contributed by atoms with Crippen molar-refractivity contribution >= 4 is 11.9 Å². The highest BCUT2D eigenvalue weighted by Gasteiger charge is 2.34. The Morgan fingerprint density at radius 3 is 1.86 bits per heavy atom. The molecule has 0 radical (unpaired) electrons. The van der Waals surface area contributed by atoms with Crippen LogP contribution in [0.2, 0.25) is 0 Å². The van der Waals surface area contributed by atoms with Crippen molar-refractivity contribution < 1.29 is 29.3 Å². The monoisotopic (exact) mass is 396 g/mol. The van der Waals surface area contributed by atoms with Crippen molar-refractivity contribution in [1.82, 2.24) is 0 Å². The molecule has 0 heterocycles. The molecule has 0 bridgehead atoms. The summed E-state index contributed by atoms with van der Waals surface area (Å²) in [5, 5.41) is 18.1. The van der Waals surface area contributed by atoms with E-state index in [0.29, 0.717) is 5.92 Å². The second kappa shape index (κ2) is 12.7. The molecule has 1 fully saturated rings. The third-order valence-electron chi connectivity index (χ3n) is 5.57. The molecule has 1 aliphatic rings. The van der Waals surface area contributed by atoms with Crippen LogP contribution in [0.1, 0.15) is 64.7 Å². The summed E-state index contributed by atoms with van der Waals surface area (Å²) >= 11 is 0. The van der Waals surface area contributed by atoms with Crippen LogP contribution in [0.4, 0.5) is 0 Å². The van der Waals surface area contributed by atoms with Crippen molar-refractivity contribution in [3.63, 3.8) is 0 Å². The van der Waals surface area contributed by atoms with E-state index < -0.39 is 30.6 Å². The number of carbonyl (C=O) groups is 2. The third-order valence-corrected chi connectivity index (χ3v) is 5.57. The molecular formula is C22H36O6. The SMILES string of the molecule is C=C(CO)C(=O)OCC(CCC)(CCC1CCCCC1)COC(=O)C(=C)CO. The smallest absolute Gasteiger partial charge is 0.335 e. The van der Waals surface area contributed by atoms with Gasteiger partial charge in [-0.25, -0.2) is 9.59 Å². The topological polar surface area (TPSA) is 93.1 Å². The first kappa shape index (κ1) is 24.4. The van der Waals surface area contributed by atoms with Crippen LogP contribution in [-0.4, -0.2) is 48.6 Å². The van der Waals surface area contributed by atoms with Crippen molar-refractivity contribution in [2.24, 2.45) is 11.3 Å². The molecule has 0 aromatic carbocycles.